The minimum Gasteiger partial charge on any atom is -0.353 e. The van der Waals surface area contributed by atoms with E-state index >= 15 is 0 Å². The van der Waals surface area contributed by atoms with Crippen LogP contribution in [0.1, 0.15) is 35.4 Å². The summed E-state index contributed by atoms with van der Waals surface area (Å²) in [5, 5.41) is 9.40. The molecule has 0 amide bonds. The van der Waals surface area contributed by atoms with Gasteiger partial charge >= 0.3 is 0 Å². The van der Waals surface area contributed by atoms with E-state index in [9.17, 15) is 5.26 Å². The lowest BCUT2D eigenvalue weighted by atomic mass is 9.95. The predicted molar refractivity (Wildman–Crippen MR) is 81.9 cm³/mol. The third-order valence-electron chi connectivity index (χ3n) is 3.89. The van der Waals surface area contributed by atoms with Crippen LogP contribution in [0.15, 0.2) is 30.5 Å². The van der Waals surface area contributed by atoms with Crippen LogP contribution < -0.4 is 4.90 Å². The summed E-state index contributed by atoms with van der Waals surface area (Å²) in [4.78, 5) is 11.1. The van der Waals surface area contributed by atoms with Crippen LogP contribution in [0.5, 0.6) is 0 Å². The van der Waals surface area contributed by atoms with Crippen LogP contribution >= 0.6 is 0 Å². The summed E-state index contributed by atoms with van der Waals surface area (Å²) in [5.74, 6) is 0.767. The molecule has 0 radical (unpaired) electrons. The van der Waals surface area contributed by atoms with Crippen molar-refractivity contribution in [2.24, 2.45) is 0 Å². The summed E-state index contributed by atoms with van der Waals surface area (Å²) in [6.45, 7) is 0.654. The smallest absolute Gasteiger partial charge is 0.146 e. The molecular weight excluding hydrogens is 260 g/mol. The molecule has 4 nitrogen and oxygen atoms in total. The number of rotatable bonds is 3. The normalized spacial score (nSPS) is 13.3. The van der Waals surface area contributed by atoms with Gasteiger partial charge < -0.3 is 4.90 Å². The van der Waals surface area contributed by atoms with E-state index in [2.05, 4.69) is 11.1 Å². The number of hydrogen-bond acceptors (Lipinski definition) is 4. The molecule has 1 aliphatic carbocycles. The van der Waals surface area contributed by atoms with Gasteiger partial charge in [0.05, 0.1) is 17.8 Å². The van der Waals surface area contributed by atoms with Crippen molar-refractivity contribution >= 4 is 5.82 Å². The van der Waals surface area contributed by atoms with E-state index in [1.807, 2.05) is 36.2 Å². The van der Waals surface area contributed by atoms with Crippen LogP contribution in [0.2, 0.25) is 0 Å². The van der Waals surface area contributed by atoms with Crippen LogP contribution in [0, 0.1) is 11.3 Å². The Morgan fingerprint density at radius 3 is 2.90 bits per heavy atom. The van der Waals surface area contributed by atoms with E-state index in [0.717, 1.165) is 30.0 Å². The first-order chi connectivity index (χ1) is 10.3. The molecule has 0 saturated carbocycles. The van der Waals surface area contributed by atoms with Gasteiger partial charge in [-0.2, -0.15) is 5.26 Å². The van der Waals surface area contributed by atoms with E-state index < -0.39 is 0 Å². The molecule has 0 aliphatic heterocycles. The molecular formula is C17H18N4. The van der Waals surface area contributed by atoms with Gasteiger partial charge in [-0.3, -0.25) is 4.98 Å². The number of hydrogen-bond donors (Lipinski definition) is 0. The van der Waals surface area contributed by atoms with Crippen LogP contribution in [0.25, 0.3) is 0 Å². The fourth-order valence-electron chi connectivity index (χ4n) is 2.81. The van der Waals surface area contributed by atoms with Gasteiger partial charge in [0.2, 0.25) is 0 Å². The van der Waals surface area contributed by atoms with E-state index in [0.29, 0.717) is 12.1 Å². The van der Waals surface area contributed by atoms with Crippen molar-refractivity contribution < 1.29 is 0 Å². The maximum Gasteiger partial charge on any atom is 0.146 e. The van der Waals surface area contributed by atoms with Gasteiger partial charge in [0, 0.05) is 18.9 Å². The van der Waals surface area contributed by atoms with Crippen LogP contribution in [-0.4, -0.2) is 17.0 Å². The summed E-state index contributed by atoms with van der Waals surface area (Å²) >= 11 is 0. The molecule has 0 fully saturated rings. The Balaban J connectivity index is 1.92. The average molecular weight is 278 g/mol. The Kier molecular flexibility index (Phi) is 3.83. The van der Waals surface area contributed by atoms with Gasteiger partial charge in [-0.1, -0.05) is 6.07 Å². The highest BCUT2D eigenvalue weighted by Crippen LogP contribution is 2.26. The van der Waals surface area contributed by atoms with Gasteiger partial charge in [-0.05, 0) is 49.4 Å². The Bertz CT molecular complexity index is 673. The molecule has 1 aliphatic rings. The summed E-state index contributed by atoms with van der Waals surface area (Å²) in [6.07, 6.45) is 6.24. The zero-order valence-electron chi connectivity index (χ0n) is 12.2. The Morgan fingerprint density at radius 2 is 2.14 bits per heavy atom. The monoisotopic (exact) mass is 278 g/mol. The highest BCUT2D eigenvalue weighted by molar-refractivity contribution is 5.56. The SMILES string of the molecule is CN(Cc1ccccn1)c1nc2c(cc1C#N)CCCC2. The summed E-state index contributed by atoms with van der Waals surface area (Å²) < 4.78 is 0. The topological polar surface area (TPSA) is 52.8 Å². The molecule has 3 rings (SSSR count). The molecule has 2 heterocycles. The highest BCUT2D eigenvalue weighted by Gasteiger charge is 2.17. The van der Waals surface area contributed by atoms with Gasteiger partial charge in [-0.25, -0.2) is 4.98 Å². The first-order valence-corrected chi connectivity index (χ1v) is 7.32. The van der Waals surface area contributed by atoms with E-state index in [-0.39, 0.29) is 0 Å². The minimum absolute atomic E-state index is 0.654. The van der Waals surface area contributed by atoms with Gasteiger partial charge in [-0.15, -0.1) is 0 Å². The fourth-order valence-corrected chi connectivity index (χ4v) is 2.81. The second kappa shape index (κ2) is 5.92. The standard InChI is InChI=1S/C17H18N4/c1-21(12-15-7-4-5-9-19-15)17-14(11-18)10-13-6-2-3-8-16(13)20-17/h4-5,7,9-10H,2-3,6,8,12H2,1H3. The van der Waals surface area contributed by atoms with E-state index in [1.54, 1.807) is 6.20 Å². The number of pyridine rings is 2. The van der Waals surface area contributed by atoms with Crippen molar-refractivity contribution in [3.63, 3.8) is 0 Å². The van der Waals surface area contributed by atoms with Crippen LogP contribution in [0.3, 0.4) is 0 Å². The Hall–Kier alpha value is -2.41. The number of nitriles is 1. The van der Waals surface area contributed by atoms with Crippen molar-refractivity contribution in [2.75, 3.05) is 11.9 Å². The molecule has 4 heteroatoms. The third-order valence-corrected chi connectivity index (χ3v) is 3.89. The maximum atomic E-state index is 9.40. The molecule has 21 heavy (non-hydrogen) atoms. The Labute approximate surface area is 125 Å². The second-order valence-corrected chi connectivity index (χ2v) is 5.46. The average Bonchev–Trinajstić information content (AvgIpc) is 2.54. The molecule has 0 aromatic carbocycles. The molecule has 0 N–H and O–H groups in total. The van der Waals surface area contributed by atoms with Gasteiger partial charge in [0.25, 0.3) is 0 Å². The second-order valence-electron chi connectivity index (χ2n) is 5.46. The van der Waals surface area contributed by atoms with Crippen molar-refractivity contribution in [2.45, 2.75) is 32.2 Å². The lowest BCUT2D eigenvalue weighted by Gasteiger charge is -2.22. The highest BCUT2D eigenvalue weighted by atomic mass is 15.2. The van der Waals surface area contributed by atoms with Crippen LogP contribution in [0.4, 0.5) is 5.82 Å². The number of anilines is 1. The van der Waals surface area contributed by atoms with Gasteiger partial charge in [0.1, 0.15) is 11.9 Å². The van der Waals surface area contributed by atoms with Crippen molar-refractivity contribution in [1.82, 2.24) is 9.97 Å². The quantitative estimate of drug-likeness (QED) is 0.866. The molecule has 0 unspecified atom stereocenters. The molecule has 0 saturated heterocycles. The summed E-state index contributed by atoms with van der Waals surface area (Å²) in [5.41, 5.74) is 4.04. The van der Waals surface area contributed by atoms with Crippen molar-refractivity contribution in [3.8, 4) is 6.07 Å². The largest absolute Gasteiger partial charge is 0.353 e. The van der Waals surface area contributed by atoms with E-state index in [4.69, 9.17) is 4.98 Å². The summed E-state index contributed by atoms with van der Waals surface area (Å²) in [7, 11) is 1.97. The first kappa shape index (κ1) is 13.6. The van der Waals surface area contributed by atoms with Crippen molar-refractivity contribution in [1.29, 1.82) is 5.26 Å². The maximum absolute atomic E-state index is 9.40. The van der Waals surface area contributed by atoms with E-state index in [1.165, 1.54) is 18.4 Å². The molecule has 106 valence electrons. The fraction of sp³-hybridized carbons (Fsp3) is 0.353. The zero-order chi connectivity index (χ0) is 14.7. The predicted octanol–water partition coefficient (Wildman–Crippen LogP) is 2.86. The molecule has 0 bridgehead atoms. The molecule has 0 atom stereocenters. The number of nitrogens with zero attached hydrogens (tertiary/aromatic N) is 4. The lowest BCUT2D eigenvalue weighted by molar-refractivity contribution is 0.665. The first-order valence-electron chi connectivity index (χ1n) is 7.32. The molecule has 2 aromatic rings. The number of aromatic nitrogens is 2. The van der Waals surface area contributed by atoms with Crippen molar-refractivity contribution in [3.05, 3.63) is 53.0 Å². The number of fused-ring (bicyclic) bond motifs is 1. The van der Waals surface area contributed by atoms with Crippen LogP contribution in [-0.2, 0) is 19.4 Å². The molecule has 0 spiro atoms. The minimum atomic E-state index is 0.654. The third kappa shape index (κ3) is 2.87. The number of aryl methyl sites for hydroxylation is 2. The molecule has 2 aromatic heterocycles. The Morgan fingerprint density at radius 1 is 1.29 bits per heavy atom. The zero-order valence-corrected chi connectivity index (χ0v) is 12.2. The lowest BCUT2D eigenvalue weighted by Crippen LogP contribution is -2.21. The van der Waals surface area contributed by atoms with Gasteiger partial charge in [0.15, 0.2) is 0 Å². The summed E-state index contributed by atoms with van der Waals surface area (Å²) in [6, 6.07) is 10.2.